The van der Waals surface area contributed by atoms with Crippen molar-refractivity contribution < 1.29 is 13.6 Å². The zero-order valence-corrected chi connectivity index (χ0v) is 15.3. The molecule has 1 N–H and O–H groups in total. The van der Waals surface area contributed by atoms with Crippen LogP contribution in [-0.4, -0.2) is 41.7 Å². The minimum Gasteiger partial charge on any atom is -0.350 e. The average Bonchev–Trinajstić information content (AvgIpc) is 2.53. The molecule has 0 aliphatic carbocycles. The van der Waals surface area contributed by atoms with E-state index in [-0.39, 0.29) is 11.4 Å². The van der Waals surface area contributed by atoms with Gasteiger partial charge in [-0.05, 0) is 63.4 Å². The van der Waals surface area contributed by atoms with Gasteiger partial charge in [0.05, 0.1) is 0 Å². The Labute approximate surface area is 147 Å². The lowest BCUT2D eigenvalue weighted by molar-refractivity contribution is 0.0657. The molecule has 1 fully saturated rings. The molecule has 1 atom stereocenters. The van der Waals surface area contributed by atoms with Gasteiger partial charge in [0.25, 0.3) is 11.7 Å². The van der Waals surface area contributed by atoms with Gasteiger partial charge in [0, 0.05) is 29.1 Å². The monoisotopic (exact) mass is 356 g/mol. The smallest absolute Gasteiger partial charge is 0.288 e. The fourth-order valence-electron chi connectivity index (χ4n) is 3.04. The third-order valence-corrected chi connectivity index (χ3v) is 5.26. The van der Waals surface area contributed by atoms with Crippen molar-refractivity contribution in [1.82, 2.24) is 10.2 Å². The van der Waals surface area contributed by atoms with Crippen LogP contribution in [0.5, 0.6) is 0 Å². The molecule has 1 amide bonds. The molecule has 0 aromatic heterocycles. The Kier molecular flexibility index (Phi) is 6.63. The lowest BCUT2D eigenvalue weighted by atomic mass is 9.93. The van der Waals surface area contributed by atoms with Crippen molar-refractivity contribution in [2.45, 2.75) is 49.8 Å². The predicted octanol–water partition coefficient (Wildman–Crippen LogP) is 4.24. The minimum atomic E-state index is -2.45. The number of carbonyl (C=O) groups is 1. The number of thioether (sulfide) groups is 1. The molecule has 1 aliphatic heterocycles. The second kappa shape index (κ2) is 8.30. The number of carbonyl (C=O) groups excluding carboxylic acids is 1. The molecule has 1 saturated heterocycles. The maximum Gasteiger partial charge on any atom is 0.288 e. The summed E-state index contributed by atoms with van der Waals surface area (Å²) in [6.07, 6.45) is 2.46. The fraction of sp³-hybridized carbons (Fsp3) is 0.611. The van der Waals surface area contributed by atoms with E-state index in [1.165, 1.54) is 12.8 Å². The lowest BCUT2D eigenvalue weighted by Gasteiger charge is -2.43. The van der Waals surface area contributed by atoms with Crippen LogP contribution >= 0.6 is 11.8 Å². The average molecular weight is 356 g/mol. The molecule has 6 heteroatoms. The first-order chi connectivity index (χ1) is 11.3. The van der Waals surface area contributed by atoms with E-state index in [2.05, 4.69) is 31.0 Å². The van der Waals surface area contributed by atoms with Crippen molar-refractivity contribution in [2.75, 3.05) is 19.6 Å². The van der Waals surface area contributed by atoms with E-state index < -0.39 is 5.76 Å². The predicted molar refractivity (Wildman–Crippen MR) is 94.7 cm³/mol. The number of piperidine rings is 1. The van der Waals surface area contributed by atoms with Crippen LogP contribution in [0.15, 0.2) is 29.2 Å². The van der Waals surface area contributed by atoms with Crippen LogP contribution < -0.4 is 5.32 Å². The number of nitrogens with one attached hydrogen (secondary N) is 1. The summed E-state index contributed by atoms with van der Waals surface area (Å²) in [6, 6.07) is 6.30. The van der Waals surface area contributed by atoms with Crippen LogP contribution in [0, 0.1) is 5.92 Å². The van der Waals surface area contributed by atoms with Crippen molar-refractivity contribution >= 4 is 17.7 Å². The van der Waals surface area contributed by atoms with Crippen LogP contribution in [0.3, 0.4) is 0 Å². The van der Waals surface area contributed by atoms with Gasteiger partial charge in [-0.3, -0.25) is 9.69 Å². The summed E-state index contributed by atoms with van der Waals surface area (Å²) in [7, 11) is 0. The molecule has 1 unspecified atom stereocenters. The maximum absolute atomic E-state index is 12.3. The third-order valence-electron chi connectivity index (χ3n) is 4.54. The van der Waals surface area contributed by atoms with E-state index in [1.54, 1.807) is 24.3 Å². The molecule has 1 aromatic carbocycles. The van der Waals surface area contributed by atoms with Crippen LogP contribution in [0.2, 0.25) is 0 Å². The largest absolute Gasteiger partial charge is 0.350 e. The van der Waals surface area contributed by atoms with Crippen LogP contribution in [0.4, 0.5) is 8.78 Å². The summed E-state index contributed by atoms with van der Waals surface area (Å²) >= 11 is 0.484. The SMILES string of the molecule is CC1CCCN(C(C)(C)CNC(=O)c2ccc(SC(F)F)cc2)C1. The van der Waals surface area contributed by atoms with Crippen LogP contribution in [0.1, 0.15) is 44.0 Å². The highest BCUT2D eigenvalue weighted by Gasteiger charge is 2.30. The first kappa shape index (κ1) is 19.2. The Hall–Kier alpha value is -1.14. The topological polar surface area (TPSA) is 32.3 Å². The van der Waals surface area contributed by atoms with Gasteiger partial charge in [-0.2, -0.15) is 8.78 Å². The Balaban J connectivity index is 1.89. The van der Waals surface area contributed by atoms with E-state index in [1.807, 2.05) is 0 Å². The van der Waals surface area contributed by atoms with Crippen molar-refractivity contribution in [3.63, 3.8) is 0 Å². The number of likely N-dealkylation sites (tertiary alicyclic amines) is 1. The molecule has 0 bridgehead atoms. The first-order valence-corrected chi connectivity index (χ1v) is 9.24. The number of nitrogens with zero attached hydrogens (tertiary/aromatic N) is 1. The van der Waals surface area contributed by atoms with E-state index in [0.717, 1.165) is 13.1 Å². The van der Waals surface area contributed by atoms with E-state index >= 15 is 0 Å². The van der Waals surface area contributed by atoms with Crippen LogP contribution in [0.25, 0.3) is 0 Å². The second-order valence-electron chi connectivity index (χ2n) is 7.09. The highest BCUT2D eigenvalue weighted by atomic mass is 32.2. The molecule has 0 spiro atoms. The standard InChI is InChI=1S/C18H26F2N2OS/c1-13-5-4-10-22(11-13)18(2,3)12-21-16(23)14-6-8-15(9-7-14)24-17(19)20/h6-9,13,17H,4-5,10-12H2,1-3H3,(H,21,23). The van der Waals surface area contributed by atoms with Crippen molar-refractivity contribution in [2.24, 2.45) is 5.92 Å². The number of hydrogen-bond donors (Lipinski definition) is 1. The van der Waals surface area contributed by atoms with Gasteiger partial charge in [-0.1, -0.05) is 18.7 Å². The summed E-state index contributed by atoms with van der Waals surface area (Å²) in [5.41, 5.74) is 0.395. The Morgan fingerprint density at radius 1 is 1.38 bits per heavy atom. The number of alkyl halides is 2. The molecular weight excluding hydrogens is 330 g/mol. The number of benzene rings is 1. The van der Waals surface area contributed by atoms with E-state index in [4.69, 9.17) is 0 Å². The van der Waals surface area contributed by atoms with E-state index in [0.29, 0.717) is 34.7 Å². The Morgan fingerprint density at radius 2 is 2.04 bits per heavy atom. The van der Waals surface area contributed by atoms with Gasteiger partial charge in [-0.25, -0.2) is 0 Å². The number of amides is 1. The Morgan fingerprint density at radius 3 is 2.62 bits per heavy atom. The number of hydrogen-bond acceptors (Lipinski definition) is 3. The third kappa shape index (κ3) is 5.45. The molecule has 3 nitrogen and oxygen atoms in total. The molecule has 0 saturated carbocycles. The summed E-state index contributed by atoms with van der Waals surface area (Å²) in [4.78, 5) is 15.2. The molecule has 134 valence electrons. The van der Waals surface area contributed by atoms with Crippen molar-refractivity contribution in [3.05, 3.63) is 29.8 Å². The van der Waals surface area contributed by atoms with Crippen molar-refractivity contribution in [1.29, 1.82) is 0 Å². The first-order valence-electron chi connectivity index (χ1n) is 8.36. The number of halogens is 2. The zero-order chi connectivity index (χ0) is 17.7. The molecule has 1 aromatic rings. The van der Waals surface area contributed by atoms with Gasteiger partial charge < -0.3 is 5.32 Å². The minimum absolute atomic E-state index is 0.101. The van der Waals surface area contributed by atoms with Crippen molar-refractivity contribution in [3.8, 4) is 0 Å². The quantitative estimate of drug-likeness (QED) is 0.774. The molecule has 1 aliphatic rings. The summed E-state index contributed by atoms with van der Waals surface area (Å²) in [5.74, 6) is -1.92. The van der Waals surface area contributed by atoms with E-state index in [9.17, 15) is 13.6 Å². The normalized spacial score (nSPS) is 19.5. The lowest BCUT2D eigenvalue weighted by Crippen LogP contribution is -2.54. The van der Waals surface area contributed by atoms with Gasteiger partial charge in [0.2, 0.25) is 0 Å². The summed E-state index contributed by atoms with van der Waals surface area (Å²) in [5, 5.41) is 2.98. The van der Waals surface area contributed by atoms with Gasteiger partial charge >= 0.3 is 0 Å². The molecule has 24 heavy (non-hydrogen) atoms. The maximum atomic E-state index is 12.3. The molecular formula is C18H26F2N2OS. The molecule has 1 heterocycles. The highest BCUT2D eigenvalue weighted by molar-refractivity contribution is 7.99. The van der Waals surface area contributed by atoms with Gasteiger partial charge in [-0.15, -0.1) is 0 Å². The molecule has 0 radical (unpaired) electrons. The molecule has 2 rings (SSSR count). The summed E-state index contributed by atoms with van der Waals surface area (Å²) in [6.45, 7) is 9.24. The highest BCUT2D eigenvalue weighted by Crippen LogP contribution is 2.25. The summed E-state index contributed by atoms with van der Waals surface area (Å²) < 4.78 is 24.6. The van der Waals surface area contributed by atoms with Gasteiger partial charge in [0.1, 0.15) is 0 Å². The second-order valence-corrected chi connectivity index (χ2v) is 8.15. The Bertz CT molecular complexity index is 548. The van der Waals surface area contributed by atoms with Crippen LogP contribution in [-0.2, 0) is 0 Å². The van der Waals surface area contributed by atoms with Gasteiger partial charge in [0.15, 0.2) is 0 Å². The fourth-order valence-corrected chi connectivity index (χ4v) is 3.54. The number of rotatable bonds is 6. The zero-order valence-electron chi connectivity index (χ0n) is 14.5.